The van der Waals surface area contributed by atoms with Gasteiger partial charge in [0.15, 0.2) is 6.10 Å². The monoisotopic (exact) mass is 429 g/mol. The molecule has 0 aliphatic carbocycles. The van der Waals surface area contributed by atoms with Crippen LogP contribution in [0.3, 0.4) is 0 Å². The molecule has 0 aliphatic rings. The SMILES string of the molecule is CCOC(=O)COC(CC(=O)N(C)CCCCCc1ccc2ccccc2c1)C(=O)O. The van der Waals surface area contributed by atoms with Gasteiger partial charge in [-0.25, -0.2) is 9.59 Å². The van der Waals surface area contributed by atoms with Crippen molar-refractivity contribution in [3.05, 3.63) is 48.0 Å². The minimum atomic E-state index is -1.37. The second kappa shape index (κ2) is 12.7. The number of benzene rings is 2. The fourth-order valence-electron chi connectivity index (χ4n) is 3.28. The molecule has 2 aromatic rings. The summed E-state index contributed by atoms with van der Waals surface area (Å²) in [4.78, 5) is 36.4. The highest BCUT2D eigenvalue weighted by Gasteiger charge is 2.25. The highest BCUT2D eigenvalue weighted by molar-refractivity contribution is 5.84. The minimum Gasteiger partial charge on any atom is -0.479 e. The van der Waals surface area contributed by atoms with Gasteiger partial charge in [0.25, 0.3) is 0 Å². The topological polar surface area (TPSA) is 93.1 Å². The van der Waals surface area contributed by atoms with Crippen LogP contribution in [0.15, 0.2) is 42.5 Å². The molecule has 0 bridgehead atoms. The van der Waals surface area contributed by atoms with Gasteiger partial charge in [-0.1, -0.05) is 48.9 Å². The molecule has 0 saturated heterocycles. The number of nitrogens with zero attached hydrogens (tertiary/aromatic N) is 1. The Hall–Kier alpha value is -2.93. The van der Waals surface area contributed by atoms with Crippen LogP contribution in [0, 0.1) is 0 Å². The summed E-state index contributed by atoms with van der Waals surface area (Å²) in [6.45, 7) is 1.88. The molecule has 1 N–H and O–H groups in total. The number of unbranched alkanes of at least 4 members (excludes halogenated alkanes) is 2. The molecule has 0 saturated carbocycles. The predicted molar refractivity (Wildman–Crippen MR) is 118 cm³/mol. The van der Waals surface area contributed by atoms with Gasteiger partial charge in [0.1, 0.15) is 6.61 Å². The van der Waals surface area contributed by atoms with Crippen LogP contribution in [-0.2, 0) is 30.3 Å². The van der Waals surface area contributed by atoms with E-state index in [1.807, 2.05) is 12.1 Å². The highest BCUT2D eigenvalue weighted by Crippen LogP contribution is 2.17. The fraction of sp³-hybridized carbons (Fsp3) is 0.458. The molecule has 7 nitrogen and oxygen atoms in total. The molecule has 7 heteroatoms. The number of aryl methyl sites for hydroxylation is 1. The van der Waals surface area contributed by atoms with Crippen LogP contribution >= 0.6 is 0 Å². The number of esters is 1. The van der Waals surface area contributed by atoms with Gasteiger partial charge >= 0.3 is 11.9 Å². The number of hydrogen-bond donors (Lipinski definition) is 1. The number of carboxylic acids is 1. The van der Waals surface area contributed by atoms with Gasteiger partial charge in [0.2, 0.25) is 5.91 Å². The summed E-state index contributed by atoms with van der Waals surface area (Å²) < 4.78 is 9.74. The molecule has 0 spiro atoms. The Morgan fingerprint density at radius 2 is 1.77 bits per heavy atom. The van der Waals surface area contributed by atoms with Gasteiger partial charge in [0.05, 0.1) is 13.0 Å². The maximum absolute atomic E-state index is 12.3. The lowest BCUT2D eigenvalue weighted by Crippen LogP contribution is -2.36. The smallest absolute Gasteiger partial charge is 0.333 e. The molecule has 2 aromatic carbocycles. The van der Waals surface area contributed by atoms with E-state index in [-0.39, 0.29) is 18.9 Å². The summed E-state index contributed by atoms with van der Waals surface area (Å²) >= 11 is 0. The zero-order valence-corrected chi connectivity index (χ0v) is 18.2. The molecule has 0 aromatic heterocycles. The van der Waals surface area contributed by atoms with Crippen molar-refractivity contribution in [2.45, 2.75) is 45.1 Å². The number of carboxylic acid groups (broad SMARTS) is 1. The van der Waals surface area contributed by atoms with E-state index in [9.17, 15) is 19.5 Å². The van der Waals surface area contributed by atoms with Crippen molar-refractivity contribution in [1.82, 2.24) is 4.90 Å². The molecule has 0 heterocycles. The third kappa shape index (κ3) is 8.38. The Morgan fingerprint density at radius 3 is 2.48 bits per heavy atom. The van der Waals surface area contributed by atoms with Crippen LogP contribution in [0.5, 0.6) is 0 Å². The lowest BCUT2D eigenvalue weighted by atomic mass is 10.0. The van der Waals surface area contributed by atoms with Crippen LogP contribution in [0.2, 0.25) is 0 Å². The number of fused-ring (bicyclic) bond motifs is 1. The van der Waals surface area contributed by atoms with Gasteiger partial charge in [-0.05, 0) is 42.5 Å². The fourth-order valence-corrected chi connectivity index (χ4v) is 3.28. The Kier molecular flexibility index (Phi) is 9.97. The molecule has 1 atom stereocenters. The summed E-state index contributed by atoms with van der Waals surface area (Å²) in [5.74, 6) is -2.26. The molecule has 1 amide bonds. The van der Waals surface area contributed by atoms with E-state index >= 15 is 0 Å². The average Bonchev–Trinajstić information content (AvgIpc) is 2.75. The largest absolute Gasteiger partial charge is 0.479 e. The summed E-state index contributed by atoms with van der Waals surface area (Å²) in [5.41, 5.74) is 1.30. The molecule has 31 heavy (non-hydrogen) atoms. The Morgan fingerprint density at radius 1 is 1.03 bits per heavy atom. The first kappa shape index (κ1) is 24.3. The number of ether oxygens (including phenoxy) is 2. The normalized spacial score (nSPS) is 11.8. The molecule has 0 radical (unpaired) electrons. The lowest BCUT2D eigenvalue weighted by molar-refractivity contribution is -0.162. The molecule has 1 unspecified atom stereocenters. The first-order chi connectivity index (χ1) is 14.9. The zero-order chi connectivity index (χ0) is 22.6. The standard InChI is InChI=1S/C24H31NO6/c1-3-30-23(27)17-31-21(24(28)29)16-22(26)25(2)14-8-4-5-9-18-12-13-19-10-6-7-11-20(19)15-18/h6-7,10-13,15,21H,3-5,8-9,14,16-17H2,1-2H3,(H,28,29). The van der Waals surface area contributed by atoms with Crippen molar-refractivity contribution in [3.8, 4) is 0 Å². The summed E-state index contributed by atoms with van der Waals surface area (Å²) in [6.07, 6.45) is 2.10. The van der Waals surface area contributed by atoms with E-state index in [4.69, 9.17) is 9.47 Å². The van der Waals surface area contributed by atoms with Gasteiger partial charge in [-0.2, -0.15) is 0 Å². The van der Waals surface area contributed by atoms with E-state index in [0.29, 0.717) is 6.54 Å². The van der Waals surface area contributed by atoms with Crippen molar-refractivity contribution in [2.24, 2.45) is 0 Å². The second-order valence-electron chi connectivity index (χ2n) is 7.45. The zero-order valence-electron chi connectivity index (χ0n) is 18.2. The van der Waals surface area contributed by atoms with E-state index in [1.54, 1.807) is 14.0 Å². The third-order valence-corrected chi connectivity index (χ3v) is 5.04. The quantitative estimate of drug-likeness (QED) is 0.387. The number of hydrogen-bond acceptors (Lipinski definition) is 5. The summed E-state index contributed by atoms with van der Waals surface area (Å²) in [6, 6.07) is 14.8. The Bertz CT molecular complexity index is 881. The first-order valence-electron chi connectivity index (χ1n) is 10.6. The van der Waals surface area contributed by atoms with Gasteiger partial charge < -0.3 is 19.5 Å². The van der Waals surface area contributed by atoms with Crippen LogP contribution in [-0.4, -0.2) is 60.8 Å². The Balaban J connectivity index is 1.69. The van der Waals surface area contributed by atoms with Crippen molar-refractivity contribution in [3.63, 3.8) is 0 Å². The number of rotatable bonds is 13. The van der Waals surface area contributed by atoms with Crippen LogP contribution in [0.1, 0.15) is 38.2 Å². The van der Waals surface area contributed by atoms with Crippen molar-refractivity contribution in [1.29, 1.82) is 0 Å². The van der Waals surface area contributed by atoms with Gasteiger partial charge in [-0.15, -0.1) is 0 Å². The van der Waals surface area contributed by atoms with Crippen LogP contribution in [0.25, 0.3) is 10.8 Å². The maximum Gasteiger partial charge on any atom is 0.333 e. The molecule has 0 fully saturated rings. The first-order valence-corrected chi connectivity index (χ1v) is 10.6. The maximum atomic E-state index is 12.3. The van der Waals surface area contributed by atoms with E-state index in [0.717, 1.165) is 25.7 Å². The van der Waals surface area contributed by atoms with Gasteiger partial charge in [0, 0.05) is 13.6 Å². The van der Waals surface area contributed by atoms with Crippen LogP contribution < -0.4 is 0 Å². The molecule has 168 valence electrons. The van der Waals surface area contributed by atoms with E-state index in [1.165, 1.54) is 21.2 Å². The molecule has 2 rings (SSSR count). The third-order valence-electron chi connectivity index (χ3n) is 5.04. The predicted octanol–water partition coefficient (Wildman–Crippen LogP) is 3.43. The lowest BCUT2D eigenvalue weighted by Gasteiger charge is -2.20. The van der Waals surface area contributed by atoms with E-state index < -0.39 is 24.6 Å². The highest BCUT2D eigenvalue weighted by atomic mass is 16.6. The summed E-state index contributed by atoms with van der Waals surface area (Å²) in [7, 11) is 1.65. The molecular formula is C24H31NO6. The number of amides is 1. The average molecular weight is 430 g/mol. The van der Waals surface area contributed by atoms with Crippen molar-refractivity contribution in [2.75, 3.05) is 26.8 Å². The molecular weight excluding hydrogens is 398 g/mol. The molecule has 0 aliphatic heterocycles. The van der Waals surface area contributed by atoms with Crippen molar-refractivity contribution >= 4 is 28.6 Å². The number of aliphatic carboxylic acids is 1. The Labute approximate surface area is 182 Å². The van der Waals surface area contributed by atoms with Crippen LogP contribution in [0.4, 0.5) is 0 Å². The van der Waals surface area contributed by atoms with E-state index in [2.05, 4.69) is 30.3 Å². The number of carbonyl (C=O) groups is 3. The second-order valence-corrected chi connectivity index (χ2v) is 7.45. The van der Waals surface area contributed by atoms with Crippen molar-refractivity contribution < 1.29 is 29.0 Å². The summed E-state index contributed by atoms with van der Waals surface area (Å²) in [5, 5.41) is 11.7. The van der Waals surface area contributed by atoms with Gasteiger partial charge in [-0.3, -0.25) is 4.79 Å². The number of carbonyl (C=O) groups excluding carboxylic acids is 2. The minimum absolute atomic E-state index is 0.183.